The van der Waals surface area contributed by atoms with Crippen LogP contribution in [0.1, 0.15) is 32.6 Å². The summed E-state index contributed by atoms with van der Waals surface area (Å²) in [6, 6.07) is 7.25. The summed E-state index contributed by atoms with van der Waals surface area (Å²) in [7, 11) is 0. The molecular weight excluding hydrogens is 234 g/mol. The lowest BCUT2D eigenvalue weighted by Crippen LogP contribution is -2.25. The summed E-state index contributed by atoms with van der Waals surface area (Å²) in [5.74, 6) is 0.787. The lowest BCUT2D eigenvalue weighted by Gasteiger charge is -2.18. The smallest absolute Gasteiger partial charge is 0.227 e. The Labute approximate surface area is 107 Å². The number of carbonyl (C=O) groups excluding carboxylic acids is 1. The molecule has 1 aliphatic carbocycles. The van der Waals surface area contributed by atoms with Crippen LogP contribution in [0.4, 0.5) is 5.69 Å². The van der Waals surface area contributed by atoms with E-state index in [1.165, 1.54) is 25.7 Å². The molecule has 1 N–H and O–H groups in total. The van der Waals surface area contributed by atoms with Gasteiger partial charge in [-0.2, -0.15) is 0 Å². The molecule has 0 radical (unpaired) electrons. The molecule has 92 valence electrons. The van der Waals surface area contributed by atoms with Gasteiger partial charge in [0.25, 0.3) is 0 Å². The Morgan fingerprint density at radius 3 is 2.47 bits per heavy atom. The van der Waals surface area contributed by atoms with E-state index in [-0.39, 0.29) is 11.8 Å². The minimum absolute atomic E-state index is 0.105. The second-order valence-electron chi connectivity index (χ2n) is 4.83. The maximum atomic E-state index is 12.0. The fourth-order valence-electron chi connectivity index (χ4n) is 2.46. The van der Waals surface area contributed by atoms with Crippen molar-refractivity contribution >= 4 is 23.2 Å². The summed E-state index contributed by atoms with van der Waals surface area (Å²) in [4.78, 5) is 12.0. The monoisotopic (exact) mass is 251 g/mol. The first kappa shape index (κ1) is 12.4. The molecule has 1 unspecified atom stereocenters. The van der Waals surface area contributed by atoms with Gasteiger partial charge in [-0.15, -0.1) is 0 Å². The zero-order valence-electron chi connectivity index (χ0n) is 10.1. The Balaban J connectivity index is 1.93. The number of nitrogens with one attached hydrogen (secondary N) is 1. The molecule has 0 aliphatic heterocycles. The van der Waals surface area contributed by atoms with Crippen molar-refractivity contribution in [1.29, 1.82) is 0 Å². The number of benzene rings is 1. The van der Waals surface area contributed by atoms with Crippen LogP contribution in [-0.2, 0) is 4.79 Å². The molecule has 1 amide bonds. The number of hydrogen-bond acceptors (Lipinski definition) is 1. The van der Waals surface area contributed by atoms with Crippen LogP contribution in [0.25, 0.3) is 0 Å². The van der Waals surface area contributed by atoms with Crippen LogP contribution in [0, 0.1) is 11.8 Å². The summed E-state index contributed by atoms with van der Waals surface area (Å²) >= 11 is 5.80. The Bertz CT molecular complexity index is 382. The topological polar surface area (TPSA) is 29.1 Å². The normalized spacial score (nSPS) is 18.0. The van der Waals surface area contributed by atoms with Crippen LogP contribution in [0.5, 0.6) is 0 Å². The van der Waals surface area contributed by atoms with E-state index in [0.29, 0.717) is 10.9 Å². The number of hydrogen-bond donors (Lipinski definition) is 1. The SMILES string of the molecule is CC(C(=O)Nc1ccc(Cl)cc1)C1CCCC1. The summed E-state index contributed by atoms with van der Waals surface area (Å²) in [6.07, 6.45) is 4.91. The molecule has 3 heteroatoms. The molecule has 0 heterocycles. The van der Waals surface area contributed by atoms with Crippen molar-refractivity contribution in [3.63, 3.8) is 0 Å². The quantitative estimate of drug-likeness (QED) is 0.861. The van der Waals surface area contributed by atoms with E-state index < -0.39 is 0 Å². The summed E-state index contributed by atoms with van der Waals surface area (Å²) in [5, 5.41) is 3.64. The fourth-order valence-corrected chi connectivity index (χ4v) is 2.59. The average molecular weight is 252 g/mol. The maximum absolute atomic E-state index is 12.0. The van der Waals surface area contributed by atoms with Crippen LogP contribution in [0.15, 0.2) is 24.3 Å². The summed E-state index contributed by atoms with van der Waals surface area (Å²) in [6.45, 7) is 2.03. The molecule has 1 aromatic carbocycles. The van der Waals surface area contributed by atoms with Crippen LogP contribution < -0.4 is 5.32 Å². The molecule has 1 aliphatic rings. The summed E-state index contributed by atoms with van der Waals surface area (Å²) < 4.78 is 0. The highest BCUT2D eigenvalue weighted by molar-refractivity contribution is 6.30. The zero-order chi connectivity index (χ0) is 12.3. The molecule has 2 nitrogen and oxygen atoms in total. The minimum atomic E-state index is 0.105. The van der Waals surface area contributed by atoms with E-state index in [1.807, 2.05) is 19.1 Å². The second kappa shape index (κ2) is 5.54. The van der Waals surface area contributed by atoms with E-state index in [4.69, 9.17) is 11.6 Å². The first-order valence-electron chi connectivity index (χ1n) is 6.23. The third-order valence-electron chi connectivity index (χ3n) is 3.63. The van der Waals surface area contributed by atoms with Crippen LogP contribution in [0.3, 0.4) is 0 Å². The molecule has 0 saturated heterocycles. The van der Waals surface area contributed by atoms with E-state index in [0.717, 1.165) is 5.69 Å². The van der Waals surface area contributed by atoms with Crippen LogP contribution >= 0.6 is 11.6 Å². The molecule has 0 spiro atoms. The van der Waals surface area contributed by atoms with Crippen molar-refractivity contribution in [3.05, 3.63) is 29.3 Å². The van der Waals surface area contributed by atoms with Crippen molar-refractivity contribution < 1.29 is 4.79 Å². The number of carbonyl (C=O) groups is 1. The van der Waals surface area contributed by atoms with E-state index in [1.54, 1.807) is 12.1 Å². The van der Waals surface area contributed by atoms with Gasteiger partial charge < -0.3 is 5.32 Å². The minimum Gasteiger partial charge on any atom is -0.326 e. The lowest BCUT2D eigenvalue weighted by molar-refractivity contribution is -0.120. The van der Waals surface area contributed by atoms with Gasteiger partial charge in [-0.05, 0) is 43.0 Å². The lowest BCUT2D eigenvalue weighted by atomic mass is 9.92. The van der Waals surface area contributed by atoms with Crippen molar-refractivity contribution in [3.8, 4) is 0 Å². The van der Waals surface area contributed by atoms with Crippen LogP contribution in [0.2, 0.25) is 5.02 Å². The molecule has 1 fully saturated rings. The Morgan fingerprint density at radius 2 is 1.88 bits per heavy atom. The van der Waals surface area contributed by atoms with E-state index >= 15 is 0 Å². The Kier molecular flexibility index (Phi) is 4.06. The largest absolute Gasteiger partial charge is 0.326 e. The number of halogens is 1. The predicted octanol–water partition coefficient (Wildman–Crippen LogP) is 4.10. The van der Waals surface area contributed by atoms with Gasteiger partial charge in [0.15, 0.2) is 0 Å². The highest BCUT2D eigenvalue weighted by Gasteiger charge is 2.26. The molecule has 0 bridgehead atoms. The fraction of sp³-hybridized carbons (Fsp3) is 0.500. The van der Waals surface area contributed by atoms with Gasteiger partial charge in [-0.1, -0.05) is 31.4 Å². The summed E-state index contributed by atoms with van der Waals surface area (Å²) in [5.41, 5.74) is 0.823. The van der Waals surface area contributed by atoms with Crippen molar-refractivity contribution in [2.45, 2.75) is 32.6 Å². The molecule has 2 rings (SSSR count). The number of anilines is 1. The van der Waals surface area contributed by atoms with Gasteiger partial charge in [-0.25, -0.2) is 0 Å². The van der Waals surface area contributed by atoms with Gasteiger partial charge in [0.2, 0.25) is 5.91 Å². The standard InChI is InChI=1S/C14H18ClNO/c1-10(11-4-2-3-5-11)14(17)16-13-8-6-12(15)7-9-13/h6-11H,2-5H2,1H3,(H,16,17). The van der Waals surface area contributed by atoms with Crippen molar-refractivity contribution in [1.82, 2.24) is 0 Å². The van der Waals surface area contributed by atoms with Crippen molar-refractivity contribution in [2.75, 3.05) is 5.32 Å². The van der Waals surface area contributed by atoms with Gasteiger partial charge in [0.05, 0.1) is 0 Å². The Hall–Kier alpha value is -1.02. The van der Waals surface area contributed by atoms with E-state index in [9.17, 15) is 4.79 Å². The number of rotatable bonds is 3. The molecule has 1 atom stereocenters. The van der Waals surface area contributed by atoms with Gasteiger partial charge in [0.1, 0.15) is 0 Å². The average Bonchev–Trinajstić information content (AvgIpc) is 2.84. The molecule has 1 saturated carbocycles. The second-order valence-corrected chi connectivity index (χ2v) is 5.27. The van der Waals surface area contributed by atoms with Gasteiger partial charge >= 0.3 is 0 Å². The molecular formula is C14H18ClNO. The predicted molar refractivity (Wildman–Crippen MR) is 71.2 cm³/mol. The first-order chi connectivity index (χ1) is 8.16. The third kappa shape index (κ3) is 3.22. The number of amides is 1. The van der Waals surface area contributed by atoms with Crippen molar-refractivity contribution in [2.24, 2.45) is 11.8 Å². The highest BCUT2D eigenvalue weighted by atomic mass is 35.5. The molecule has 0 aromatic heterocycles. The zero-order valence-corrected chi connectivity index (χ0v) is 10.8. The Morgan fingerprint density at radius 1 is 1.29 bits per heavy atom. The third-order valence-corrected chi connectivity index (χ3v) is 3.88. The van der Waals surface area contributed by atoms with Crippen LogP contribution in [-0.4, -0.2) is 5.91 Å². The highest BCUT2D eigenvalue weighted by Crippen LogP contribution is 2.31. The molecule has 1 aromatic rings. The van der Waals surface area contributed by atoms with E-state index in [2.05, 4.69) is 5.32 Å². The maximum Gasteiger partial charge on any atom is 0.227 e. The van der Waals surface area contributed by atoms with Gasteiger partial charge in [-0.3, -0.25) is 4.79 Å². The first-order valence-corrected chi connectivity index (χ1v) is 6.61. The van der Waals surface area contributed by atoms with Gasteiger partial charge in [0, 0.05) is 16.6 Å². The molecule has 17 heavy (non-hydrogen) atoms.